The van der Waals surface area contributed by atoms with Crippen LogP contribution in [0.1, 0.15) is 41.5 Å². The van der Waals surface area contributed by atoms with E-state index in [4.69, 9.17) is 4.43 Å². The Morgan fingerprint density at radius 2 is 1.58 bits per heavy atom. The smallest absolute Gasteiger partial charge is 0.259 e. The topological polar surface area (TPSA) is 22.1 Å². The highest BCUT2D eigenvalue weighted by atomic mass is 79.9. The fraction of sp³-hybridized carbons (Fsp3) is 0.643. The lowest BCUT2D eigenvalue weighted by molar-refractivity contribution is 0.432. The summed E-state index contributed by atoms with van der Waals surface area (Å²) in [6.07, 6.45) is 1.44. The molecule has 5 heteroatoms. The van der Waals surface area contributed by atoms with E-state index in [1.54, 1.807) is 6.07 Å². The summed E-state index contributed by atoms with van der Waals surface area (Å²) in [6.45, 7) is 13.1. The molecule has 0 fully saturated rings. The van der Waals surface area contributed by atoms with Crippen molar-refractivity contribution in [2.75, 3.05) is 0 Å². The van der Waals surface area contributed by atoms with Gasteiger partial charge in [-0.1, -0.05) is 41.5 Å². The highest BCUT2D eigenvalue weighted by molar-refractivity contribution is 9.10. The lowest BCUT2D eigenvalue weighted by atomic mass is 10.5. The van der Waals surface area contributed by atoms with Gasteiger partial charge >= 0.3 is 0 Å². The SMILES string of the molecule is CC(C)[Si](Oc1c(Br)ccnc1F)(C(C)C)C(C)C. The van der Waals surface area contributed by atoms with E-state index in [0.717, 1.165) is 0 Å². The maximum atomic E-state index is 13.9. The molecular formula is C14H23BrFNOSi. The molecule has 0 saturated carbocycles. The fourth-order valence-electron chi connectivity index (χ4n) is 3.02. The zero-order valence-corrected chi connectivity index (χ0v) is 15.1. The van der Waals surface area contributed by atoms with Crippen LogP contribution in [0.2, 0.25) is 16.6 Å². The summed E-state index contributed by atoms with van der Waals surface area (Å²) in [5.74, 6) is -0.265. The van der Waals surface area contributed by atoms with Gasteiger partial charge in [0.2, 0.25) is 0 Å². The second kappa shape index (κ2) is 6.35. The van der Waals surface area contributed by atoms with Crippen LogP contribution in [0, 0.1) is 5.95 Å². The van der Waals surface area contributed by atoms with Crippen molar-refractivity contribution in [3.8, 4) is 5.75 Å². The molecule has 1 aromatic rings. The first kappa shape index (κ1) is 16.6. The van der Waals surface area contributed by atoms with Gasteiger partial charge in [0.1, 0.15) is 0 Å². The zero-order valence-electron chi connectivity index (χ0n) is 12.5. The molecule has 0 aromatic carbocycles. The molecule has 1 aromatic heterocycles. The first-order valence-corrected chi connectivity index (χ1v) is 9.65. The van der Waals surface area contributed by atoms with E-state index in [1.807, 2.05) is 0 Å². The molecule has 0 bridgehead atoms. The number of nitrogens with zero attached hydrogens (tertiary/aromatic N) is 1. The largest absolute Gasteiger partial charge is 0.539 e. The molecule has 19 heavy (non-hydrogen) atoms. The first-order chi connectivity index (χ1) is 8.73. The average molecular weight is 348 g/mol. The van der Waals surface area contributed by atoms with Crippen LogP contribution in [0.25, 0.3) is 0 Å². The summed E-state index contributed by atoms with van der Waals surface area (Å²) < 4.78 is 20.9. The molecule has 0 unspecified atom stereocenters. The Bertz CT molecular complexity index is 395. The summed E-state index contributed by atoms with van der Waals surface area (Å²) in [5.41, 5.74) is 1.21. The number of pyridine rings is 1. The second-order valence-corrected chi connectivity index (χ2v) is 12.1. The van der Waals surface area contributed by atoms with Gasteiger partial charge in [0, 0.05) is 6.20 Å². The number of aromatic nitrogens is 1. The summed E-state index contributed by atoms with van der Waals surface area (Å²) in [5, 5.41) is 0. The molecule has 0 aliphatic heterocycles. The predicted molar refractivity (Wildman–Crippen MR) is 83.6 cm³/mol. The molecular weight excluding hydrogens is 325 g/mol. The van der Waals surface area contributed by atoms with Crippen LogP contribution in [0.3, 0.4) is 0 Å². The van der Waals surface area contributed by atoms with E-state index in [2.05, 4.69) is 62.5 Å². The van der Waals surface area contributed by atoms with E-state index in [-0.39, 0.29) is 5.75 Å². The van der Waals surface area contributed by atoms with Gasteiger partial charge in [0.05, 0.1) is 4.47 Å². The lowest BCUT2D eigenvalue weighted by Gasteiger charge is -2.42. The van der Waals surface area contributed by atoms with Crippen LogP contribution in [0.4, 0.5) is 4.39 Å². The van der Waals surface area contributed by atoms with Gasteiger partial charge in [-0.25, -0.2) is 4.98 Å². The van der Waals surface area contributed by atoms with E-state index in [9.17, 15) is 4.39 Å². The van der Waals surface area contributed by atoms with E-state index < -0.39 is 14.3 Å². The number of hydrogen-bond acceptors (Lipinski definition) is 2. The molecule has 1 heterocycles. The molecule has 2 nitrogen and oxygen atoms in total. The Morgan fingerprint density at radius 1 is 1.11 bits per heavy atom. The van der Waals surface area contributed by atoms with Crippen LogP contribution < -0.4 is 4.43 Å². The Labute approximate surface area is 125 Å². The van der Waals surface area contributed by atoms with Crippen molar-refractivity contribution in [3.63, 3.8) is 0 Å². The normalized spacial score (nSPS) is 12.6. The monoisotopic (exact) mass is 347 g/mol. The van der Waals surface area contributed by atoms with Gasteiger partial charge in [0.15, 0.2) is 5.75 Å². The van der Waals surface area contributed by atoms with E-state index in [0.29, 0.717) is 21.1 Å². The minimum atomic E-state index is -2.14. The molecule has 0 atom stereocenters. The third-order valence-electron chi connectivity index (χ3n) is 3.80. The molecule has 1 rings (SSSR count). The van der Waals surface area contributed by atoms with E-state index >= 15 is 0 Å². The van der Waals surface area contributed by atoms with Crippen molar-refractivity contribution in [1.82, 2.24) is 4.98 Å². The van der Waals surface area contributed by atoms with Crippen LogP contribution >= 0.6 is 15.9 Å². The molecule has 0 aliphatic carbocycles. The van der Waals surface area contributed by atoms with E-state index in [1.165, 1.54) is 6.20 Å². The van der Waals surface area contributed by atoms with Gasteiger partial charge in [0.25, 0.3) is 14.3 Å². The number of halogens is 2. The van der Waals surface area contributed by atoms with Crippen molar-refractivity contribution in [3.05, 3.63) is 22.7 Å². The van der Waals surface area contributed by atoms with Gasteiger partial charge in [-0.05, 0) is 38.6 Å². The van der Waals surface area contributed by atoms with Gasteiger partial charge in [-0.2, -0.15) is 4.39 Å². The Morgan fingerprint density at radius 3 is 1.95 bits per heavy atom. The number of rotatable bonds is 5. The molecule has 0 aliphatic rings. The molecule has 0 saturated heterocycles. The van der Waals surface area contributed by atoms with Crippen molar-refractivity contribution in [1.29, 1.82) is 0 Å². The predicted octanol–water partition coefficient (Wildman–Crippen LogP) is 5.54. The molecule has 0 amide bonds. The third-order valence-corrected chi connectivity index (χ3v) is 10.4. The minimum Gasteiger partial charge on any atom is -0.539 e. The summed E-state index contributed by atoms with van der Waals surface area (Å²) in [6, 6.07) is 1.72. The zero-order chi connectivity index (χ0) is 14.8. The maximum Gasteiger partial charge on any atom is 0.259 e. The highest BCUT2D eigenvalue weighted by Gasteiger charge is 2.47. The first-order valence-electron chi connectivity index (χ1n) is 6.72. The highest BCUT2D eigenvalue weighted by Crippen LogP contribution is 2.44. The maximum absolute atomic E-state index is 13.9. The summed E-state index contributed by atoms with van der Waals surface area (Å²) in [4.78, 5) is 3.70. The van der Waals surface area contributed by atoms with Crippen LogP contribution in [-0.4, -0.2) is 13.3 Å². The average Bonchev–Trinajstić information content (AvgIpc) is 2.27. The lowest BCUT2D eigenvalue weighted by Crippen LogP contribution is -2.51. The Kier molecular flexibility index (Phi) is 5.56. The fourth-order valence-corrected chi connectivity index (χ4v) is 8.79. The summed E-state index contributed by atoms with van der Waals surface area (Å²) >= 11 is 3.36. The van der Waals surface area contributed by atoms with Crippen LogP contribution in [-0.2, 0) is 0 Å². The third kappa shape index (κ3) is 3.19. The quantitative estimate of drug-likeness (QED) is 0.515. The Balaban J connectivity index is 3.29. The van der Waals surface area contributed by atoms with Gasteiger partial charge < -0.3 is 4.43 Å². The Hall–Kier alpha value is -0.423. The van der Waals surface area contributed by atoms with Crippen molar-refractivity contribution in [2.45, 2.75) is 58.2 Å². The molecule has 0 spiro atoms. The number of hydrogen-bond donors (Lipinski definition) is 0. The summed E-state index contributed by atoms with van der Waals surface area (Å²) in [7, 11) is -2.14. The van der Waals surface area contributed by atoms with Crippen molar-refractivity contribution >= 4 is 24.2 Å². The second-order valence-electron chi connectivity index (χ2n) is 5.83. The minimum absolute atomic E-state index is 0.269. The van der Waals surface area contributed by atoms with Crippen molar-refractivity contribution < 1.29 is 8.82 Å². The van der Waals surface area contributed by atoms with Gasteiger partial charge in [-0.3, -0.25) is 0 Å². The van der Waals surface area contributed by atoms with Crippen molar-refractivity contribution in [2.24, 2.45) is 0 Å². The van der Waals surface area contributed by atoms with Crippen LogP contribution in [0.15, 0.2) is 16.7 Å². The molecule has 108 valence electrons. The molecule has 0 radical (unpaired) electrons. The van der Waals surface area contributed by atoms with Crippen LogP contribution in [0.5, 0.6) is 5.75 Å². The standard InChI is InChI=1S/C14H23BrFNOSi/c1-9(2)19(10(3)4,11(5)6)18-13-12(15)7-8-17-14(13)16/h7-11H,1-6H3. The molecule has 0 N–H and O–H groups in total. The van der Waals surface area contributed by atoms with Gasteiger partial charge in [-0.15, -0.1) is 0 Å².